The number of carbonyl (C=O) groups excluding carboxylic acids is 2. The SMILES string of the molecule is Cc1ccc(N2CC(CNC(=O)c3cccc(C#N)c3)OCC2=O)cc1. The van der Waals surface area contributed by atoms with E-state index in [0.717, 1.165) is 11.3 Å². The molecular formula is C20H19N3O3. The van der Waals surface area contributed by atoms with E-state index in [-0.39, 0.29) is 31.1 Å². The van der Waals surface area contributed by atoms with Crippen LogP contribution in [-0.2, 0) is 9.53 Å². The molecule has 0 aromatic heterocycles. The monoisotopic (exact) mass is 349 g/mol. The third-order valence-electron chi connectivity index (χ3n) is 4.22. The predicted molar refractivity (Wildman–Crippen MR) is 96.8 cm³/mol. The second-order valence-electron chi connectivity index (χ2n) is 6.18. The van der Waals surface area contributed by atoms with Crippen molar-refractivity contribution in [2.45, 2.75) is 13.0 Å². The van der Waals surface area contributed by atoms with Crippen molar-refractivity contribution in [1.29, 1.82) is 5.26 Å². The van der Waals surface area contributed by atoms with Crippen LogP contribution < -0.4 is 10.2 Å². The highest BCUT2D eigenvalue weighted by Gasteiger charge is 2.27. The highest BCUT2D eigenvalue weighted by atomic mass is 16.5. The number of rotatable bonds is 4. The number of hydrogen-bond acceptors (Lipinski definition) is 4. The van der Waals surface area contributed by atoms with Crippen LogP contribution in [0, 0.1) is 18.3 Å². The van der Waals surface area contributed by atoms with E-state index in [4.69, 9.17) is 10.00 Å². The van der Waals surface area contributed by atoms with Crippen molar-refractivity contribution in [2.24, 2.45) is 0 Å². The van der Waals surface area contributed by atoms with Gasteiger partial charge >= 0.3 is 0 Å². The molecule has 1 aliphatic heterocycles. The molecule has 0 bridgehead atoms. The van der Waals surface area contributed by atoms with E-state index in [0.29, 0.717) is 17.7 Å². The Hall–Kier alpha value is -3.17. The number of nitrogens with zero attached hydrogens (tertiary/aromatic N) is 2. The summed E-state index contributed by atoms with van der Waals surface area (Å²) in [4.78, 5) is 26.1. The zero-order valence-corrected chi connectivity index (χ0v) is 14.4. The molecule has 1 saturated heterocycles. The van der Waals surface area contributed by atoms with Gasteiger partial charge in [0.05, 0.1) is 24.3 Å². The number of hydrogen-bond donors (Lipinski definition) is 1. The summed E-state index contributed by atoms with van der Waals surface area (Å²) in [5.41, 5.74) is 2.80. The topological polar surface area (TPSA) is 82.4 Å². The molecule has 1 atom stereocenters. The van der Waals surface area contributed by atoms with Crippen molar-refractivity contribution < 1.29 is 14.3 Å². The molecule has 0 saturated carbocycles. The molecule has 3 rings (SSSR count). The summed E-state index contributed by atoms with van der Waals surface area (Å²) in [6.45, 7) is 2.63. The van der Waals surface area contributed by atoms with E-state index < -0.39 is 0 Å². The molecule has 6 heteroatoms. The van der Waals surface area contributed by atoms with Crippen LogP contribution in [0.2, 0.25) is 0 Å². The second kappa shape index (κ2) is 7.81. The summed E-state index contributed by atoms with van der Waals surface area (Å²) < 4.78 is 5.54. The zero-order valence-electron chi connectivity index (χ0n) is 14.4. The average molecular weight is 349 g/mol. The van der Waals surface area contributed by atoms with E-state index >= 15 is 0 Å². The van der Waals surface area contributed by atoms with Gasteiger partial charge in [-0.3, -0.25) is 9.59 Å². The van der Waals surface area contributed by atoms with Crippen LogP contribution in [0.4, 0.5) is 5.69 Å². The fraction of sp³-hybridized carbons (Fsp3) is 0.250. The normalized spacial score (nSPS) is 16.8. The third-order valence-corrected chi connectivity index (χ3v) is 4.22. The molecule has 2 amide bonds. The second-order valence-corrected chi connectivity index (χ2v) is 6.18. The Morgan fingerprint density at radius 3 is 2.81 bits per heavy atom. The Morgan fingerprint density at radius 2 is 2.08 bits per heavy atom. The maximum Gasteiger partial charge on any atom is 0.253 e. The van der Waals surface area contributed by atoms with Crippen molar-refractivity contribution in [3.8, 4) is 6.07 Å². The quantitative estimate of drug-likeness (QED) is 0.916. The van der Waals surface area contributed by atoms with Crippen molar-refractivity contribution in [1.82, 2.24) is 5.32 Å². The Labute approximate surface area is 152 Å². The lowest BCUT2D eigenvalue weighted by molar-refractivity contribution is -0.129. The van der Waals surface area contributed by atoms with Crippen molar-refractivity contribution in [3.63, 3.8) is 0 Å². The summed E-state index contributed by atoms with van der Waals surface area (Å²) in [6, 6.07) is 16.2. The highest BCUT2D eigenvalue weighted by molar-refractivity contribution is 5.95. The van der Waals surface area contributed by atoms with Crippen LogP contribution in [0.25, 0.3) is 0 Å². The van der Waals surface area contributed by atoms with Crippen LogP contribution in [0.3, 0.4) is 0 Å². The van der Waals surface area contributed by atoms with Gasteiger partial charge in [-0.1, -0.05) is 23.8 Å². The maximum absolute atomic E-state index is 12.3. The molecule has 132 valence electrons. The fourth-order valence-corrected chi connectivity index (χ4v) is 2.76. The average Bonchev–Trinajstić information content (AvgIpc) is 2.68. The number of ether oxygens (including phenoxy) is 1. The number of carbonyl (C=O) groups is 2. The molecule has 26 heavy (non-hydrogen) atoms. The standard InChI is InChI=1S/C20H19N3O3/c1-14-5-7-17(8-6-14)23-12-18(26-13-19(23)24)11-22-20(25)16-4-2-3-15(9-16)10-21/h2-9,18H,11-13H2,1H3,(H,22,25). The molecule has 6 nitrogen and oxygen atoms in total. The first-order valence-electron chi connectivity index (χ1n) is 8.34. The molecule has 0 spiro atoms. The minimum absolute atomic E-state index is 0.0155. The number of nitriles is 1. The number of morpholine rings is 1. The summed E-state index contributed by atoms with van der Waals surface area (Å²) in [5, 5.41) is 11.7. The molecule has 0 aliphatic carbocycles. The maximum atomic E-state index is 12.3. The van der Waals surface area contributed by atoms with E-state index in [2.05, 4.69) is 5.32 Å². The Bertz CT molecular complexity index is 855. The summed E-state index contributed by atoms with van der Waals surface area (Å²) in [6.07, 6.45) is -0.294. The first-order chi connectivity index (χ1) is 12.6. The largest absolute Gasteiger partial charge is 0.365 e. The van der Waals surface area contributed by atoms with Crippen molar-refractivity contribution in [2.75, 3.05) is 24.6 Å². The van der Waals surface area contributed by atoms with Gasteiger partial charge in [0.25, 0.3) is 11.8 Å². The number of benzene rings is 2. The number of nitrogens with one attached hydrogen (secondary N) is 1. The first kappa shape index (κ1) is 17.6. The van der Waals surface area contributed by atoms with E-state index in [1.807, 2.05) is 37.3 Å². The lowest BCUT2D eigenvalue weighted by atomic mass is 10.1. The molecule has 2 aromatic carbocycles. The summed E-state index contributed by atoms with van der Waals surface area (Å²) >= 11 is 0. The molecule has 1 aliphatic rings. The van der Waals surface area contributed by atoms with E-state index in [9.17, 15) is 9.59 Å². The van der Waals surface area contributed by atoms with Gasteiger partial charge in [-0.25, -0.2) is 0 Å². The lowest BCUT2D eigenvalue weighted by Gasteiger charge is -2.33. The van der Waals surface area contributed by atoms with Crippen LogP contribution >= 0.6 is 0 Å². The Balaban J connectivity index is 1.61. The van der Waals surface area contributed by atoms with Gasteiger partial charge in [0.2, 0.25) is 0 Å². The van der Waals surface area contributed by atoms with E-state index in [1.165, 1.54) is 0 Å². The highest BCUT2D eigenvalue weighted by Crippen LogP contribution is 2.19. The Kier molecular flexibility index (Phi) is 5.30. The van der Waals surface area contributed by atoms with Gasteiger partial charge < -0.3 is 15.0 Å². The molecule has 1 N–H and O–H groups in total. The Morgan fingerprint density at radius 1 is 1.31 bits per heavy atom. The van der Waals surface area contributed by atoms with Gasteiger partial charge in [-0.2, -0.15) is 5.26 Å². The number of amides is 2. The molecule has 1 fully saturated rings. The summed E-state index contributed by atoms with van der Waals surface area (Å²) in [5.74, 6) is -0.373. The first-order valence-corrected chi connectivity index (χ1v) is 8.34. The van der Waals surface area contributed by atoms with Crippen molar-refractivity contribution in [3.05, 3.63) is 65.2 Å². The third kappa shape index (κ3) is 4.08. The van der Waals surface area contributed by atoms with E-state index in [1.54, 1.807) is 29.2 Å². The van der Waals surface area contributed by atoms with Gasteiger partial charge in [-0.05, 0) is 37.3 Å². The van der Waals surface area contributed by atoms with Crippen LogP contribution in [0.15, 0.2) is 48.5 Å². The lowest BCUT2D eigenvalue weighted by Crippen LogP contribution is -2.50. The molecular weight excluding hydrogens is 330 g/mol. The minimum atomic E-state index is -0.294. The number of aryl methyl sites for hydroxylation is 1. The molecule has 0 radical (unpaired) electrons. The predicted octanol–water partition coefficient (Wildman–Crippen LogP) is 2.03. The summed E-state index contributed by atoms with van der Waals surface area (Å²) in [7, 11) is 0. The van der Waals surface area contributed by atoms with Crippen LogP contribution in [-0.4, -0.2) is 37.6 Å². The molecule has 1 unspecified atom stereocenters. The minimum Gasteiger partial charge on any atom is -0.365 e. The zero-order chi connectivity index (χ0) is 18.5. The smallest absolute Gasteiger partial charge is 0.253 e. The van der Waals surface area contributed by atoms with Gasteiger partial charge in [0, 0.05) is 17.8 Å². The fourth-order valence-electron chi connectivity index (χ4n) is 2.76. The van der Waals surface area contributed by atoms with Gasteiger partial charge in [-0.15, -0.1) is 0 Å². The van der Waals surface area contributed by atoms with Crippen molar-refractivity contribution >= 4 is 17.5 Å². The molecule has 2 aromatic rings. The molecule has 1 heterocycles. The van der Waals surface area contributed by atoms with Gasteiger partial charge in [0.1, 0.15) is 6.61 Å². The van der Waals surface area contributed by atoms with Crippen LogP contribution in [0.5, 0.6) is 0 Å². The number of anilines is 1. The van der Waals surface area contributed by atoms with Gasteiger partial charge in [0.15, 0.2) is 0 Å². The van der Waals surface area contributed by atoms with Crippen LogP contribution in [0.1, 0.15) is 21.5 Å².